The average molecular weight is 482 g/mol. The lowest BCUT2D eigenvalue weighted by molar-refractivity contribution is -0.115. The summed E-state index contributed by atoms with van der Waals surface area (Å²) >= 11 is 1.50. The minimum Gasteiger partial charge on any atom is -0.493 e. The van der Waals surface area contributed by atoms with E-state index in [1.807, 2.05) is 91.2 Å². The van der Waals surface area contributed by atoms with E-state index in [9.17, 15) is 4.79 Å². The molecule has 2 aromatic heterocycles. The molecule has 0 aliphatic rings. The van der Waals surface area contributed by atoms with Gasteiger partial charge in [0.2, 0.25) is 5.91 Å². The summed E-state index contributed by atoms with van der Waals surface area (Å²) in [5.74, 6) is 1.82. The van der Waals surface area contributed by atoms with E-state index in [0.717, 1.165) is 27.4 Å². The molecule has 174 valence electrons. The maximum absolute atomic E-state index is 12.9. The average Bonchev–Trinajstić information content (AvgIpc) is 3.56. The molecule has 0 aliphatic heterocycles. The van der Waals surface area contributed by atoms with E-state index in [1.165, 1.54) is 11.3 Å². The van der Waals surface area contributed by atoms with Crippen LogP contribution in [0.5, 0.6) is 5.75 Å². The summed E-state index contributed by atoms with van der Waals surface area (Å²) in [4.78, 5) is 22.2. The Bertz CT molecular complexity index is 1440. The second-order valence-corrected chi connectivity index (χ2v) is 8.58. The highest BCUT2D eigenvalue weighted by molar-refractivity contribution is 7.13. The Morgan fingerprint density at radius 2 is 1.69 bits per heavy atom. The molecule has 0 radical (unpaired) electrons. The van der Waals surface area contributed by atoms with E-state index in [1.54, 1.807) is 0 Å². The molecule has 5 rings (SSSR count). The number of rotatable bonds is 8. The molecule has 0 spiro atoms. The number of thiazole rings is 1. The minimum absolute atomic E-state index is 0.157. The van der Waals surface area contributed by atoms with E-state index in [0.29, 0.717) is 29.6 Å². The number of H-pyrrole nitrogens is 1. The number of carbonyl (C=O) groups is 1. The van der Waals surface area contributed by atoms with Crippen LogP contribution < -0.4 is 10.1 Å². The van der Waals surface area contributed by atoms with Crippen LogP contribution in [-0.4, -0.2) is 32.7 Å². The van der Waals surface area contributed by atoms with Gasteiger partial charge in [0.1, 0.15) is 10.8 Å². The highest BCUT2D eigenvalue weighted by atomic mass is 32.1. The van der Waals surface area contributed by atoms with Crippen molar-refractivity contribution in [2.24, 2.45) is 0 Å². The Labute approximate surface area is 206 Å². The molecule has 35 heavy (non-hydrogen) atoms. The first kappa shape index (κ1) is 22.5. The molecule has 0 aliphatic carbocycles. The Balaban J connectivity index is 1.31. The van der Waals surface area contributed by atoms with Crippen LogP contribution in [0, 0.1) is 0 Å². The van der Waals surface area contributed by atoms with Crippen molar-refractivity contribution >= 4 is 22.9 Å². The third kappa shape index (κ3) is 5.12. The fourth-order valence-electron chi connectivity index (χ4n) is 3.69. The SMILES string of the molecule is CCOc1ccccc1-c1nc(CC(=O)Nc2ccccc2-c2nc(-c3ccccc3)n[nH]2)cs1. The normalized spacial score (nSPS) is 10.8. The molecule has 1 amide bonds. The first-order chi connectivity index (χ1) is 17.2. The summed E-state index contributed by atoms with van der Waals surface area (Å²) in [5.41, 5.74) is 3.97. The quantitative estimate of drug-likeness (QED) is 0.290. The number of nitrogens with zero attached hydrogens (tertiary/aromatic N) is 3. The smallest absolute Gasteiger partial charge is 0.230 e. The van der Waals surface area contributed by atoms with Gasteiger partial charge in [0.05, 0.1) is 30.0 Å². The lowest BCUT2D eigenvalue weighted by Crippen LogP contribution is -2.15. The van der Waals surface area contributed by atoms with Crippen molar-refractivity contribution in [1.82, 2.24) is 20.2 Å². The van der Waals surface area contributed by atoms with Crippen molar-refractivity contribution in [3.63, 3.8) is 0 Å². The van der Waals surface area contributed by atoms with Crippen LogP contribution in [0.2, 0.25) is 0 Å². The second-order valence-electron chi connectivity index (χ2n) is 7.72. The predicted octanol–water partition coefficient (Wildman–Crippen LogP) is 5.84. The van der Waals surface area contributed by atoms with Gasteiger partial charge < -0.3 is 10.1 Å². The number of amides is 1. The first-order valence-electron chi connectivity index (χ1n) is 11.2. The summed E-state index contributed by atoms with van der Waals surface area (Å²) in [7, 11) is 0. The molecule has 0 saturated heterocycles. The number of ether oxygens (including phenoxy) is 1. The van der Waals surface area contributed by atoms with Gasteiger partial charge in [0.15, 0.2) is 11.6 Å². The zero-order valence-corrected chi connectivity index (χ0v) is 19.9. The lowest BCUT2D eigenvalue weighted by Gasteiger charge is -2.09. The number of anilines is 1. The van der Waals surface area contributed by atoms with Crippen molar-refractivity contribution in [3.05, 3.63) is 89.9 Å². The summed E-state index contributed by atoms with van der Waals surface area (Å²) in [5, 5.41) is 13.1. The van der Waals surface area contributed by atoms with Crippen molar-refractivity contribution in [3.8, 4) is 39.1 Å². The van der Waals surface area contributed by atoms with Crippen LogP contribution in [0.4, 0.5) is 5.69 Å². The van der Waals surface area contributed by atoms with Crippen LogP contribution in [0.1, 0.15) is 12.6 Å². The number of carbonyl (C=O) groups excluding carboxylic acids is 1. The van der Waals surface area contributed by atoms with Crippen LogP contribution in [0.15, 0.2) is 84.2 Å². The maximum Gasteiger partial charge on any atom is 0.230 e. The number of benzene rings is 3. The largest absolute Gasteiger partial charge is 0.493 e. The van der Waals surface area contributed by atoms with E-state index >= 15 is 0 Å². The van der Waals surface area contributed by atoms with Crippen LogP contribution in [-0.2, 0) is 11.2 Å². The molecule has 0 bridgehead atoms. The highest BCUT2D eigenvalue weighted by Crippen LogP contribution is 2.32. The van der Waals surface area contributed by atoms with E-state index < -0.39 is 0 Å². The van der Waals surface area contributed by atoms with Gasteiger partial charge in [0, 0.05) is 16.5 Å². The van der Waals surface area contributed by atoms with Gasteiger partial charge in [-0.3, -0.25) is 9.89 Å². The van der Waals surface area contributed by atoms with Crippen molar-refractivity contribution in [2.75, 3.05) is 11.9 Å². The fourth-order valence-corrected chi connectivity index (χ4v) is 4.54. The Morgan fingerprint density at radius 1 is 0.943 bits per heavy atom. The van der Waals surface area contributed by atoms with Gasteiger partial charge in [0.25, 0.3) is 0 Å². The molecule has 7 nitrogen and oxygen atoms in total. The topological polar surface area (TPSA) is 92.8 Å². The molecule has 5 aromatic rings. The standard InChI is InChI=1S/C27H23N5O2S/c1-2-34-23-15-9-7-13-21(23)27-28-19(17-35-27)16-24(33)29-22-14-8-6-12-20(22)26-30-25(31-32-26)18-10-4-3-5-11-18/h3-15,17H,2,16H2,1H3,(H,29,33)(H,30,31,32). The molecule has 2 heterocycles. The molecule has 8 heteroatoms. The van der Waals surface area contributed by atoms with E-state index in [2.05, 4.69) is 25.5 Å². The minimum atomic E-state index is -0.157. The molecular formula is C27H23N5O2S. The number of hydrogen-bond acceptors (Lipinski definition) is 6. The Kier molecular flexibility index (Phi) is 6.63. The van der Waals surface area contributed by atoms with E-state index in [-0.39, 0.29) is 12.3 Å². The van der Waals surface area contributed by atoms with Gasteiger partial charge in [-0.2, -0.15) is 5.10 Å². The number of aromatic nitrogens is 4. The molecule has 2 N–H and O–H groups in total. The summed E-state index contributed by atoms with van der Waals surface area (Å²) in [6.45, 7) is 2.53. The summed E-state index contributed by atoms with van der Waals surface area (Å²) in [6.07, 6.45) is 0.160. The third-order valence-corrected chi connectivity index (χ3v) is 6.21. The van der Waals surface area contributed by atoms with Gasteiger partial charge in [-0.05, 0) is 31.2 Å². The number of hydrogen-bond donors (Lipinski definition) is 2. The monoisotopic (exact) mass is 481 g/mol. The zero-order chi connectivity index (χ0) is 24.0. The van der Waals surface area contributed by atoms with Gasteiger partial charge in [-0.1, -0.05) is 54.6 Å². The fraction of sp³-hybridized carbons (Fsp3) is 0.111. The van der Waals surface area contributed by atoms with Gasteiger partial charge >= 0.3 is 0 Å². The third-order valence-electron chi connectivity index (χ3n) is 5.28. The second kappa shape index (κ2) is 10.3. The van der Waals surface area contributed by atoms with Crippen molar-refractivity contribution in [2.45, 2.75) is 13.3 Å². The maximum atomic E-state index is 12.9. The first-order valence-corrected chi connectivity index (χ1v) is 12.1. The van der Waals surface area contributed by atoms with Crippen LogP contribution >= 0.6 is 11.3 Å². The van der Waals surface area contributed by atoms with Crippen molar-refractivity contribution in [1.29, 1.82) is 0 Å². The highest BCUT2D eigenvalue weighted by Gasteiger charge is 2.15. The van der Waals surface area contributed by atoms with Crippen LogP contribution in [0.25, 0.3) is 33.3 Å². The zero-order valence-electron chi connectivity index (χ0n) is 19.1. The number of nitrogens with one attached hydrogen (secondary N) is 2. The molecule has 0 unspecified atom stereocenters. The summed E-state index contributed by atoms with van der Waals surface area (Å²) in [6, 6.07) is 25.1. The molecule has 0 saturated carbocycles. The lowest BCUT2D eigenvalue weighted by atomic mass is 10.1. The molecular weight excluding hydrogens is 458 g/mol. The molecule has 0 atom stereocenters. The van der Waals surface area contributed by atoms with E-state index in [4.69, 9.17) is 4.74 Å². The molecule has 0 fully saturated rings. The van der Waals surface area contributed by atoms with Gasteiger partial charge in [-0.25, -0.2) is 9.97 Å². The number of para-hydroxylation sites is 2. The van der Waals surface area contributed by atoms with Gasteiger partial charge in [-0.15, -0.1) is 11.3 Å². The Morgan fingerprint density at radius 3 is 2.51 bits per heavy atom. The predicted molar refractivity (Wildman–Crippen MR) is 138 cm³/mol. The Hall–Kier alpha value is -4.30. The molecule has 3 aromatic carbocycles. The summed E-state index contributed by atoms with van der Waals surface area (Å²) < 4.78 is 5.72. The van der Waals surface area contributed by atoms with Crippen molar-refractivity contribution < 1.29 is 9.53 Å². The van der Waals surface area contributed by atoms with Crippen LogP contribution in [0.3, 0.4) is 0 Å². The number of aromatic amines is 1.